The molecule has 0 amide bonds. The maximum absolute atomic E-state index is 5.75. The number of nitrogens with one attached hydrogen (secondary N) is 1. The van der Waals surface area contributed by atoms with Crippen LogP contribution in [0.3, 0.4) is 0 Å². The molecule has 0 unspecified atom stereocenters. The molecule has 0 aromatic heterocycles. The number of rotatable bonds is 8. The fraction of sp³-hybridized carbons (Fsp3) is 0.467. The van der Waals surface area contributed by atoms with Crippen molar-refractivity contribution in [2.75, 3.05) is 37.7 Å². The average Bonchev–Trinajstić information content (AvgIpc) is 2.37. The molecule has 1 rings (SSSR count). The van der Waals surface area contributed by atoms with Crippen LogP contribution < -0.4 is 11.1 Å². The van der Waals surface area contributed by atoms with Crippen LogP contribution in [0.15, 0.2) is 24.8 Å². The fourth-order valence-electron chi connectivity index (χ4n) is 1.83. The Morgan fingerprint density at radius 3 is 2.83 bits per heavy atom. The molecule has 0 aliphatic carbocycles. The monoisotopic (exact) mass is 247 g/mol. The Bertz CT molecular complexity index is 374. The Labute approximate surface area is 111 Å². The van der Waals surface area contributed by atoms with E-state index in [0.717, 1.165) is 36.6 Å². The fourth-order valence-corrected chi connectivity index (χ4v) is 1.83. The molecule has 0 bridgehead atoms. The van der Waals surface area contributed by atoms with Gasteiger partial charge in [0.1, 0.15) is 0 Å². The SMILES string of the molecule is C=Cc1cc(N)ccc1NCCN(C)CCCC. The molecular formula is C15H25N3. The van der Waals surface area contributed by atoms with Crippen molar-refractivity contribution in [2.45, 2.75) is 19.8 Å². The highest BCUT2D eigenvalue weighted by Crippen LogP contribution is 2.19. The third kappa shape index (κ3) is 4.80. The van der Waals surface area contributed by atoms with E-state index in [0.29, 0.717) is 0 Å². The van der Waals surface area contributed by atoms with Crippen molar-refractivity contribution in [1.82, 2.24) is 4.90 Å². The lowest BCUT2D eigenvalue weighted by atomic mass is 10.1. The summed E-state index contributed by atoms with van der Waals surface area (Å²) in [5.74, 6) is 0. The normalized spacial score (nSPS) is 10.6. The van der Waals surface area contributed by atoms with Crippen LogP contribution in [0.5, 0.6) is 0 Å². The summed E-state index contributed by atoms with van der Waals surface area (Å²) >= 11 is 0. The largest absolute Gasteiger partial charge is 0.399 e. The van der Waals surface area contributed by atoms with Gasteiger partial charge in [-0.2, -0.15) is 0 Å². The second-order valence-corrected chi connectivity index (χ2v) is 4.63. The quantitative estimate of drug-likeness (QED) is 0.694. The zero-order chi connectivity index (χ0) is 13.4. The van der Waals surface area contributed by atoms with Gasteiger partial charge in [-0.1, -0.05) is 26.0 Å². The van der Waals surface area contributed by atoms with E-state index in [1.807, 2.05) is 24.3 Å². The van der Waals surface area contributed by atoms with E-state index in [1.165, 1.54) is 12.8 Å². The Morgan fingerprint density at radius 1 is 1.39 bits per heavy atom. The van der Waals surface area contributed by atoms with Gasteiger partial charge in [-0.25, -0.2) is 0 Å². The van der Waals surface area contributed by atoms with Crippen LogP contribution >= 0.6 is 0 Å². The summed E-state index contributed by atoms with van der Waals surface area (Å²) in [6.45, 7) is 9.17. The summed E-state index contributed by atoms with van der Waals surface area (Å²) in [5.41, 5.74) is 8.69. The number of hydrogen-bond donors (Lipinski definition) is 2. The predicted octanol–water partition coefficient (Wildman–Crippen LogP) is 3.06. The van der Waals surface area contributed by atoms with Gasteiger partial charge in [0.2, 0.25) is 0 Å². The van der Waals surface area contributed by atoms with Crippen LogP contribution in [-0.4, -0.2) is 31.6 Å². The molecule has 0 aliphatic heterocycles. The number of benzene rings is 1. The van der Waals surface area contributed by atoms with Crippen LogP contribution in [0.1, 0.15) is 25.3 Å². The van der Waals surface area contributed by atoms with E-state index in [2.05, 4.69) is 30.8 Å². The zero-order valence-corrected chi connectivity index (χ0v) is 11.6. The predicted molar refractivity (Wildman–Crippen MR) is 81.8 cm³/mol. The number of nitrogens with zero attached hydrogens (tertiary/aromatic N) is 1. The van der Waals surface area contributed by atoms with Gasteiger partial charge in [0, 0.05) is 24.5 Å². The molecule has 0 fully saturated rings. The van der Waals surface area contributed by atoms with Crippen molar-refractivity contribution in [3.8, 4) is 0 Å². The minimum Gasteiger partial charge on any atom is -0.399 e. The van der Waals surface area contributed by atoms with Crippen LogP contribution in [0.25, 0.3) is 6.08 Å². The van der Waals surface area contributed by atoms with Crippen molar-refractivity contribution in [3.63, 3.8) is 0 Å². The van der Waals surface area contributed by atoms with E-state index < -0.39 is 0 Å². The van der Waals surface area contributed by atoms with Gasteiger partial charge in [0.25, 0.3) is 0 Å². The van der Waals surface area contributed by atoms with E-state index in [9.17, 15) is 0 Å². The second-order valence-electron chi connectivity index (χ2n) is 4.63. The first-order valence-corrected chi connectivity index (χ1v) is 6.61. The van der Waals surface area contributed by atoms with Crippen LogP contribution in [0.2, 0.25) is 0 Å². The van der Waals surface area contributed by atoms with Crippen molar-refractivity contribution in [2.24, 2.45) is 0 Å². The number of nitrogens with two attached hydrogens (primary N) is 1. The minimum atomic E-state index is 0.774. The Kier molecular flexibility index (Phi) is 6.29. The standard InChI is InChI=1S/C15H25N3/c1-4-6-10-18(3)11-9-17-15-8-7-14(16)12-13(15)5-2/h5,7-8,12,17H,2,4,6,9-11,16H2,1,3H3. The molecule has 0 heterocycles. The highest BCUT2D eigenvalue weighted by Gasteiger charge is 2.01. The Hall–Kier alpha value is -1.48. The highest BCUT2D eigenvalue weighted by atomic mass is 15.1. The van der Waals surface area contributed by atoms with Crippen molar-refractivity contribution in [3.05, 3.63) is 30.3 Å². The van der Waals surface area contributed by atoms with E-state index in [4.69, 9.17) is 5.73 Å². The molecule has 3 N–H and O–H groups in total. The molecule has 18 heavy (non-hydrogen) atoms. The van der Waals surface area contributed by atoms with Crippen LogP contribution in [0, 0.1) is 0 Å². The molecule has 0 saturated carbocycles. The van der Waals surface area contributed by atoms with Gasteiger partial charge in [-0.15, -0.1) is 0 Å². The Morgan fingerprint density at radius 2 is 2.17 bits per heavy atom. The van der Waals surface area contributed by atoms with Gasteiger partial charge < -0.3 is 16.0 Å². The average molecular weight is 247 g/mol. The molecule has 0 spiro atoms. The van der Waals surface area contributed by atoms with Crippen molar-refractivity contribution in [1.29, 1.82) is 0 Å². The summed E-state index contributed by atoms with van der Waals surface area (Å²) < 4.78 is 0. The van der Waals surface area contributed by atoms with Crippen LogP contribution in [-0.2, 0) is 0 Å². The maximum Gasteiger partial charge on any atom is 0.0415 e. The van der Waals surface area contributed by atoms with E-state index in [1.54, 1.807) is 0 Å². The lowest BCUT2D eigenvalue weighted by Crippen LogP contribution is -2.26. The molecule has 3 heteroatoms. The second kappa shape index (κ2) is 7.77. The van der Waals surface area contributed by atoms with Crippen molar-refractivity contribution < 1.29 is 0 Å². The lowest BCUT2D eigenvalue weighted by molar-refractivity contribution is 0.340. The summed E-state index contributed by atoms with van der Waals surface area (Å²) in [7, 11) is 2.16. The number of hydrogen-bond acceptors (Lipinski definition) is 3. The first-order valence-electron chi connectivity index (χ1n) is 6.61. The first-order chi connectivity index (χ1) is 8.67. The van der Waals surface area contributed by atoms with Gasteiger partial charge >= 0.3 is 0 Å². The summed E-state index contributed by atoms with van der Waals surface area (Å²) in [6, 6.07) is 5.87. The molecule has 1 aromatic carbocycles. The van der Waals surface area contributed by atoms with Gasteiger partial charge in [-0.3, -0.25) is 0 Å². The van der Waals surface area contributed by atoms with Crippen molar-refractivity contribution >= 4 is 17.5 Å². The van der Waals surface area contributed by atoms with E-state index in [-0.39, 0.29) is 0 Å². The topological polar surface area (TPSA) is 41.3 Å². The minimum absolute atomic E-state index is 0.774. The first kappa shape index (κ1) is 14.6. The number of unbranched alkanes of at least 4 members (excludes halogenated alkanes) is 1. The summed E-state index contributed by atoms with van der Waals surface area (Å²) in [5, 5.41) is 3.43. The lowest BCUT2D eigenvalue weighted by Gasteiger charge is -2.17. The molecule has 0 radical (unpaired) electrons. The van der Waals surface area contributed by atoms with Gasteiger partial charge in [-0.05, 0) is 43.8 Å². The molecule has 0 atom stereocenters. The smallest absolute Gasteiger partial charge is 0.0415 e. The summed E-state index contributed by atoms with van der Waals surface area (Å²) in [4.78, 5) is 2.35. The van der Waals surface area contributed by atoms with Crippen LogP contribution in [0.4, 0.5) is 11.4 Å². The van der Waals surface area contributed by atoms with Gasteiger partial charge in [0.15, 0.2) is 0 Å². The number of nitrogen functional groups attached to an aromatic ring is 1. The molecule has 100 valence electrons. The Balaban J connectivity index is 2.41. The molecule has 3 nitrogen and oxygen atoms in total. The highest BCUT2D eigenvalue weighted by molar-refractivity contribution is 5.69. The van der Waals surface area contributed by atoms with Gasteiger partial charge in [0.05, 0.1) is 0 Å². The third-order valence-electron chi connectivity index (χ3n) is 3.00. The number of likely N-dealkylation sites (N-methyl/N-ethyl adjacent to an activating group) is 1. The number of anilines is 2. The summed E-state index contributed by atoms with van der Waals surface area (Å²) in [6.07, 6.45) is 4.34. The third-order valence-corrected chi connectivity index (χ3v) is 3.00. The molecule has 1 aromatic rings. The molecule has 0 aliphatic rings. The zero-order valence-electron chi connectivity index (χ0n) is 11.6. The maximum atomic E-state index is 5.75. The molecular weight excluding hydrogens is 222 g/mol. The van der Waals surface area contributed by atoms with E-state index >= 15 is 0 Å². The molecule has 0 saturated heterocycles.